The zero-order chi connectivity index (χ0) is 8.32. The van der Waals surface area contributed by atoms with Gasteiger partial charge < -0.3 is 4.52 Å². The molecule has 0 spiro atoms. The molecule has 0 aliphatic heterocycles. The number of rotatable bonds is 3. The molecule has 0 aromatic rings. The molecule has 66 valence electrons. The van der Waals surface area contributed by atoms with Crippen LogP contribution in [-0.4, -0.2) is 19.0 Å². The van der Waals surface area contributed by atoms with Gasteiger partial charge in [0.25, 0.3) is 6.57 Å². The first kappa shape index (κ1) is 9.63. The minimum Gasteiger partial charge on any atom is -0.318 e. The van der Waals surface area contributed by atoms with E-state index in [1.54, 1.807) is 6.66 Å². The second-order valence-electron chi connectivity index (χ2n) is 2.97. The Labute approximate surface area is 72.3 Å². The highest BCUT2D eigenvalue weighted by Crippen LogP contribution is 2.56. The fourth-order valence-corrected chi connectivity index (χ4v) is 2.77. The monoisotopic (exact) mass is 194 g/mol. The number of hydrogen-bond acceptors (Lipinski definition) is 3. The van der Waals surface area contributed by atoms with Crippen LogP contribution in [0.5, 0.6) is 0 Å². The molecule has 0 saturated heterocycles. The Kier molecular flexibility index (Phi) is 3.48. The van der Waals surface area contributed by atoms with Gasteiger partial charge in [-0.25, -0.2) is 0 Å². The van der Waals surface area contributed by atoms with Crippen LogP contribution in [0.3, 0.4) is 0 Å². The van der Waals surface area contributed by atoms with E-state index >= 15 is 0 Å². The lowest BCUT2D eigenvalue weighted by atomic mass is 10.3. The molecule has 0 amide bonds. The van der Waals surface area contributed by atoms with Crippen LogP contribution in [0.1, 0.15) is 25.7 Å². The zero-order valence-corrected chi connectivity index (χ0v) is 8.79. The minimum absolute atomic E-state index is 0.276. The van der Waals surface area contributed by atoms with Gasteiger partial charge in [0, 0.05) is 6.66 Å². The maximum absolute atomic E-state index is 11.5. The molecule has 11 heavy (non-hydrogen) atoms. The quantitative estimate of drug-likeness (QED) is 0.645. The van der Waals surface area contributed by atoms with E-state index in [0.29, 0.717) is 0 Å². The Morgan fingerprint density at radius 3 is 2.45 bits per heavy atom. The van der Waals surface area contributed by atoms with Gasteiger partial charge >= 0.3 is 0 Å². The molecule has 1 atom stereocenters. The summed E-state index contributed by atoms with van der Waals surface area (Å²) >= 11 is 1.35. The standard InChI is InChI=1S/C7H15O2PS/c1-10(8,11-2)9-7-5-3-4-6-7/h7H,3-6H2,1-2H3. The molecule has 1 rings (SSSR count). The molecule has 1 aliphatic rings. The molecule has 0 N–H and O–H groups in total. The van der Waals surface area contributed by atoms with Crippen LogP contribution in [0, 0.1) is 0 Å². The van der Waals surface area contributed by atoms with Crippen LogP contribution < -0.4 is 0 Å². The summed E-state index contributed by atoms with van der Waals surface area (Å²) in [6.45, 7) is -0.602. The average molecular weight is 194 g/mol. The van der Waals surface area contributed by atoms with Crippen LogP contribution in [0.2, 0.25) is 0 Å². The van der Waals surface area contributed by atoms with Crippen LogP contribution in [-0.2, 0) is 9.09 Å². The van der Waals surface area contributed by atoms with Crippen LogP contribution >= 0.6 is 18.0 Å². The summed E-state index contributed by atoms with van der Waals surface area (Å²) in [6.07, 6.45) is 6.78. The van der Waals surface area contributed by atoms with E-state index in [1.165, 1.54) is 24.2 Å². The maximum atomic E-state index is 11.5. The third-order valence-corrected chi connectivity index (χ3v) is 5.57. The Balaban J connectivity index is 2.34. The molecule has 0 bridgehead atoms. The molecule has 1 aliphatic carbocycles. The van der Waals surface area contributed by atoms with Crippen molar-refractivity contribution in [2.45, 2.75) is 31.8 Å². The third-order valence-electron chi connectivity index (χ3n) is 1.97. The second kappa shape index (κ2) is 3.97. The molecule has 0 aromatic carbocycles. The van der Waals surface area contributed by atoms with Crippen molar-refractivity contribution in [3.8, 4) is 0 Å². The normalized spacial score (nSPS) is 25.3. The first-order valence-electron chi connectivity index (χ1n) is 3.96. The fraction of sp³-hybridized carbons (Fsp3) is 1.00. The van der Waals surface area contributed by atoms with E-state index in [0.717, 1.165) is 12.8 Å². The first-order valence-corrected chi connectivity index (χ1v) is 7.86. The van der Waals surface area contributed by atoms with Crippen molar-refractivity contribution in [2.75, 3.05) is 12.9 Å². The van der Waals surface area contributed by atoms with E-state index in [4.69, 9.17) is 4.52 Å². The summed E-state index contributed by atoms with van der Waals surface area (Å²) in [6, 6.07) is 0. The van der Waals surface area contributed by atoms with Gasteiger partial charge in [0.1, 0.15) is 0 Å². The predicted octanol–water partition coefficient (Wildman–Crippen LogP) is 3.13. The van der Waals surface area contributed by atoms with Crippen molar-refractivity contribution < 1.29 is 9.09 Å². The van der Waals surface area contributed by atoms with Gasteiger partial charge in [-0.3, -0.25) is 4.57 Å². The van der Waals surface area contributed by atoms with Gasteiger partial charge in [0.05, 0.1) is 6.10 Å². The van der Waals surface area contributed by atoms with E-state index in [-0.39, 0.29) is 6.10 Å². The lowest BCUT2D eigenvalue weighted by molar-refractivity contribution is 0.222. The third kappa shape index (κ3) is 3.18. The molecule has 0 aromatic heterocycles. The van der Waals surface area contributed by atoms with Gasteiger partial charge in [-0.15, -0.1) is 0 Å². The largest absolute Gasteiger partial charge is 0.318 e. The lowest BCUT2D eigenvalue weighted by Gasteiger charge is -2.15. The molecule has 1 saturated carbocycles. The SMILES string of the molecule is CSP(C)(=O)OC1CCCC1. The van der Waals surface area contributed by atoms with Gasteiger partial charge in [-0.1, -0.05) is 24.2 Å². The topological polar surface area (TPSA) is 26.3 Å². The fourth-order valence-electron chi connectivity index (χ4n) is 1.31. The van der Waals surface area contributed by atoms with Gasteiger partial charge in [-0.2, -0.15) is 0 Å². The zero-order valence-electron chi connectivity index (χ0n) is 7.08. The van der Waals surface area contributed by atoms with Crippen LogP contribution in [0.25, 0.3) is 0 Å². The summed E-state index contributed by atoms with van der Waals surface area (Å²) in [5.41, 5.74) is 0. The summed E-state index contributed by atoms with van der Waals surface area (Å²) in [7, 11) is 0. The molecule has 0 radical (unpaired) electrons. The van der Waals surface area contributed by atoms with Crippen LogP contribution in [0.15, 0.2) is 0 Å². The molecule has 1 unspecified atom stereocenters. The molecule has 0 heterocycles. The van der Waals surface area contributed by atoms with Crippen molar-refractivity contribution in [2.24, 2.45) is 0 Å². The van der Waals surface area contributed by atoms with Crippen molar-refractivity contribution in [1.29, 1.82) is 0 Å². The summed E-state index contributed by atoms with van der Waals surface area (Å²) in [5.74, 6) is 0. The smallest absolute Gasteiger partial charge is 0.254 e. The van der Waals surface area contributed by atoms with Crippen molar-refractivity contribution in [3.63, 3.8) is 0 Å². The van der Waals surface area contributed by atoms with Crippen molar-refractivity contribution in [1.82, 2.24) is 0 Å². The predicted molar refractivity (Wildman–Crippen MR) is 50.4 cm³/mol. The molecular formula is C7H15O2PS. The van der Waals surface area contributed by atoms with E-state index in [9.17, 15) is 4.57 Å². The maximum Gasteiger partial charge on any atom is 0.254 e. The Bertz CT molecular complexity index is 166. The second-order valence-corrected chi connectivity index (χ2v) is 8.17. The number of hydrogen-bond donors (Lipinski definition) is 0. The highest BCUT2D eigenvalue weighted by Gasteiger charge is 2.23. The van der Waals surface area contributed by atoms with E-state index in [2.05, 4.69) is 0 Å². The highest BCUT2D eigenvalue weighted by atomic mass is 32.7. The Morgan fingerprint density at radius 1 is 1.45 bits per heavy atom. The van der Waals surface area contributed by atoms with Crippen molar-refractivity contribution >= 4 is 18.0 Å². The summed E-state index contributed by atoms with van der Waals surface area (Å²) in [4.78, 5) is 0. The van der Waals surface area contributed by atoms with Crippen LogP contribution in [0.4, 0.5) is 0 Å². The van der Waals surface area contributed by atoms with Gasteiger partial charge in [0.2, 0.25) is 0 Å². The highest BCUT2D eigenvalue weighted by molar-refractivity contribution is 8.56. The lowest BCUT2D eigenvalue weighted by Crippen LogP contribution is -2.03. The van der Waals surface area contributed by atoms with Gasteiger partial charge in [0.15, 0.2) is 0 Å². The Morgan fingerprint density at radius 2 is 2.00 bits per heavy atom. The van der Waals surface area contributed by atoms with Gasteiger partial charge in [-0.05, 0) is 19.1 Å². The molecule has 1 fully saturated rings. The van der Waals surface area contributed by atoms with Crippen molar-refractivity contribution in [3.05, 3.63) is 0 Å². The molecule has 4 heteroatoms. The Hall–Kier alpha value is 0.540. The minimum atomic E-state index is -2.31. The molecule has 2 nitrogen and oxygen atoms in total. The van der Waals surface area contributed by atoms with E-state index < -0.39 is 6.57 Å². The average Bonchev–Trinajstić information content (AvgIpc) is 2.39. The molecular weight excluding hydrogens is 179 g/mol. The summed E-state index contributed by atoms with van der Waals surface area (Å²) in [5, 5.41) is 0. The summed E-state index contributed by atoms with van der Waals surface area (Å²) < 4.78 is 16.9. The first-order chi connectivity index (χ1) is 5.14. The van der Waals surface area contributed by atoms with E-state index in [1.807, 2.05) is 6.26 Å².